The molecule has 0 fully saturated rings. The summed E-state index contributed by atoms with van der Waals surface area (Å²) in [6.07, 6.45) is 1.52. The Morgan fingerprint density at radius 1 is 0.792 bits per heavy atom. The number of rotatable bonds is 11. The number of methoxy groups -OCH3 is 4. The Morgan fingerprint density at radius 3 is 1.85 bits per heavy atom. The Balaban J connectivity index is 1.43. The number of nitriles is 1. The summed E-state index contributed by atoms with van der Waals surface area (Å²) in [5.41, 5.74) is 4.70. The van der Waals surface area contributed by atoms with E-state index < -0.39 is 17.9 Å². The predicted molar refractivity (Wildman–Crippen MR) is 179 cm³/mol. The van der Waals surface area contributed by atoms with Crippen LogP contribution in [0.25, 0.3) is 11.0 Å². The van der Waals surface area contributed by atoms with Gasteiger partial charge in [0.25, 0.3) is 11.8 Å². The maximum Gasteiger partial charge on any atom is 0.262 e. The van der Waals surface area contributed by atoms with Crippen LogP contribution in [-0.2, 0) is 13.1 Å². The van der Waals surface area contributed by atoms with E-state index in [1.165, 1.54) is 6.20 Å². The first-order chi connectivity index (χ1) is 23.3. The quantitative estimate of drug-likeness (QED) is 0.157. The molecule has 3 aromatic carbocycles. The maximum absolute atomic E-state index is 13.2. The van der Waals surface area contributed by atoms with E-state index in [2.05, 4.69) is 16.0 Å². The van der Waals surface area contributed by atoms with E-state index >= 15 is 0 Å². The molecule has 48 heavy (non-hydrogen) atoms. The van der Waals surface area contributed by atoms with Gasteiger partial charge in [0.2, 0.25) is 0 Å². The van der Waals surface area contributed by atoms with Gasteiger partial charge in [-0.15, -0.1) is 0 Å². The number of aryl methyl sites for hydroxylation is 1. The standard InChI is InChI=1S/C37H33N5O6/c1-22-14-34(40-30-15-25(19-39-35(22)30)31(18-38)42-36(43)28-8-6-7-9-29(28)37(42)44)41(20-23-10-12-26(45-2)16-32(23)47-4)21-24-11-13-27(46-3)17-33(24)48-5/h6-17,19,31H,20-21H2,1-5H3. The number of ether oxygens (including phenoxy) is 4. The van der Waals surface area contributed by atoms with Crippen LogP contribution in [0.2, 0.25) is 0 Å². The van der Waals surface area contributed by atoms with Gasteiger partial charge in [-0.1, -0.05) is 12.1 Å². The fourth-order valence-electron chi connectivity index (χ4n) is 5.90. The number of hydrogen-bond acceptors (Lipinski definition) is 10. The highest BCUT2D eigenvalue weighted by Gasteiger charge is 2.40. The Kier molecular flexibility index (Phi) is 8.81. The molecule has 0 spiro atoms. The minimum absolute atomic E-state index is 0.270. The van der Waals surface area contributed by atoms with Gasteiger partial charge in [-0.25, -0.2) is 4.98 Å². The van der Waals surface area contributed by atoms with Gasteiger partial charge in [0, 0.05) is 48.1 Å². The van der Waals surface area contributed by atoms with Crippen molar-refractivity contribution in [2.24, 2.45) is 0 Å². The maximum atomic E-state index is 13.2. The van der Waals surface area contributed by atoms with Crippen LogP contribution < -0.4 is 23.8 Å². The SMILES string of the molecule is COc1ccc(CN(Cc2ccc(OC)cc2OC)c2cc(C)c3ncc(C(C#N)N4C(=O)c5ccccc5C4=O)cc3n2)c(OC)c1. The highest BCUT2D eigenvalue weighted by atomic mass is 16.5. The average molecular weight is 644 g/mol. The van der Waals surface area contributed by atoms with Gasteiger partial charge < -0.3 is 23.8 Å². The number of carbonyl (C=O) groups excluding carboxylic acids is 2. The largest absolute Gasteiger partial charge is 0.497 e. The molecule has 1 aliphatic heterocycles. The second kappa shape index (κ2) is 13.3. The second-order valence-electron chi connectivity index (χ2n) is 11.2. The van der Waals surface area contributed by atoms with Crippen molar-refractivity contribution in [3.8, 4) is 29.1 Å². The Morgan fingerprint density at radius 2 is 1.35 bits per heavy atom. The molecule has 11 nitrogen and oxygen atoms in total. The van der Waals surface area contributed by atoms with Crippen LogP contribution in [0.1, 0.15) is 49.0 Å². The molecule has 242 valence electrons. The summed E-state index contributed by atoms with van der Waals surface area (Å²) in [5, 5.41) is 10.2. The van der Waals surface area contributed by atoms with Crippen molar-refractivity contribution in [1.29, 1.82) is 5.26 Å². The van der Waals surface area contributed by atoms with E-state index in [0.717, 1.165) is 21.6 Å². The first kappa shape index (κ1) is 31.8. The molecule has 11 heteroatoms. The van der Waals surface area contributed by atoms with Gasteiger partial charge in [-0.2, -0.15) is 5.26 Å². The van der Waals surface area contributed by atoms with E-state index in [1.807, 2.05) is 49.4 Å². The van der Waals surface area contributed by atoms with Crippen molar-refractivity contribution in [3.63, 3.8) is 0 Å². The van der Waals surface area contributed by atoms with Crippen molar-refractivity contribution in [2.45, 2.75) is 26.1 Å². The highest BCUT2D eigenvalue weighted by Crippen LogP contribution is 2.35. The van der Waals surface area contributed by atoms with Gasteiger partial charge in [0.05, 0.1) is 56.7 Å². The molecule has 0 N–H and O–H groups in total. The lowest BCUT2D eigenvalue weighted by molar-refractivity contribution is 0.0617. The van der Waals surface area contributed by atoms with Gasteiger partial charge in [0.1, 0.15) is 28.8 Å². The number of imide groups is 1. The predicted octanol–water partition coefficient (Wildman–Crippen LogP) is 6.04. The normalized spacial score (nSPS) is 12.8. The molecule has 3 heterocycles. The van der Waals surface area contributed by atoms with E-state index in [9.17, 15) is 14.9 Å². The van der Waals surface area contributed by atoms with Crippen LogP contribution in [0.4, 0.5) is 5.82 Å². The number of hydrogen-bond donors (Lipinski definition) is 0. The monoisotopic (exact) mass is 643 g/mol. The first-order valence-electron chi connectivity index (χ1n) is 15.1. The zero-order chi connectivity index (χ0) is 33.9. The fraction of sp³-hybridized carbons (Fsp3) is 0.216. The number of nitrogens with zero attached hydrogens (tertiary/aromatic N) is 5. The lowest BCUT2D eigenvalue weighted by atomic mass is 10.1. The Hall–Kier alpha value is -6.15. The van der Waals surface area contributed by atoms with Crippen molar-refractivity contribution in [2.75, 3.05) is 33.3 Å². The van der Waals surface area contributed by atoms with Crippen molar-refractivity contribution >= 4 is 28.7 Å². The van der Waals surface area contributed by atoms with Gasteiger partial charge >= 0.3 is 0 Å². The first-order valence-corrected chi connectivity index (χ1v) is 15.1. The van der Waals surface area contributed by atoms with E-state index in [1.54, 1.807) is 58.8 Å². The third kappa shape index (κ3) is 5.80. The number of benzene rings is 3. The number of carbonyl (C=O) groups is 2. The van der Waals surface area contributed by atoms with Crippen molar-refractivity contribution < 1.29 is 28.5 Å². The third-order valence-electron chi connectivity index (χ3n) is 8.40. The van der Waals surface area contributed by atoms with E-state index in [-0.39, 0.29) is 11.1 Å². The number of anilines is 1. The molecule has 1 atom stereocenters. The summed E-state index contributed by atoms with van der Waals surface area (Å²) in [6, 6.07) is 22.5. The zero-order valence-corrected chi connectivity index (χ0v) is 27.2. The number of fused-ring (bicyclic) bond motifs is 2. The minimum Gasteiger partial charge on any atom is -0.497 e. The smallest absolute Gasteiger partial charge is 0.262 e. The van der Waals surface area contributed by atoms with Crippen molar-refractivity contribution in [1.82, 2.24) is 14.9 Å². The van der Waals surface area contributed by atoms with Gasteiger partial charge in [-0.05, 0) is 61.0 Å². The fourth-order valence-corrected chi connectivity index (χ4v) is 5.90. The lowest BCUT2D eigenvalue weighted by Crippen LogP contribution is -2.33. The molecule has 0 bridgehead atoms. The van der Waals surface area contributed by atoms with Crippen LogP contribution in [0.3, 0.4) is 0 Å². The summed E-state index contributed by atoms with van der Waals surface area (Å²) in [5.74, 6) is 2.23. The van der Waals surface area contributed by atoms with Crippen LogP contribution in [0, 0.1) is 18.3 Å². The molecule has 0 saturated carbocycles. The van der Waals surface area contributed by atoms with E-state index in [4.69, 9.17) is 23.9 Å². The molecular formula is C37H33N5O6. The third-order valence-corrected chi connectivity index (χ3v) is 8.40. The zero-order valence-electron chi connectivity index (χ0n) is 27.2. The molecule has 2 amide bonds. The Labute approximate surface area is 277 Å². The molecule has 2 aromatic heterocycles. The number of amides is 2. The molecule has 0 aliphatic carbocycles. The molecule has 5 aromatic rings. The summed E-state index contributed by atoms with van der Waals surface area (Å²) < 4.78 is 22.3. The molecule has 1 unspecified atom stereocenters. The van der Waals surface area contributed by atoms with Gasteiger partial charge in [-0.3, -0.25) is 19.5 Å². The minimum atomic E-state index is -1.19. The topological polar surface area (TPSA) is 127 Å². The van der Waals surface area contributed by atoms with Crippen molar-refractivity contribution in [3.05, 3.63) is 112 Å². The van der Waals surface area contributed by atoms with Gasteiger partial charge in [0.15, 0.2) is 6.04 Å². The van der Waals surface area contributed by atoms with Crippen LogP contribution in [-0.4, -0.2) is 55.1 Å². The molecule has 6 rings (SSSR count). The summed E-state index contributed by atoms with van der Waals surface area (Å²) in [6.45, 7) is 2.75. The average Bonchev–Trinajstić information content (AvgIpc) is 3.37. The van der Waals surface area contributed by atoms with Crippen LogP contribution in [0.15, 0.2) is 79.0 Å². The summed E-state index contributed by atoms with van der Waals surface area (Å²) in [7, 11) is 6.43. The molecular weight excluding hydrogens is 610 g/mol. The summed E-state index contributed by atoms with van der Waals surface area (Å²) in [4.78, 5) is 39.2. The Bertz CT molecular complexity index is 2000. The molecule has 0 radical (unpaired) electrons. The van der Waals surface area contributed by atoms with E-state index in [0.29, 0.717) is 58.5 Å². The van der Waals surface area contributed by atoms with Crippen LogP contribution in [0.5, 0.6) is 23.0 Å². The lowest BCUT2D eigenvalue weighted by Gasteiger charge is -2.27. The molecule has 1 aliphatic rings. The van der Waals surface area contributed by atoms with Crippen LogP contribution >= 0.6 is 0 Å². The number of pyridine rings is 2. The summed E-state index contributed by atoms with van der Waals surface area (Å²) >= 11 is 0. The molecule has 0 saturated heterocycles. The number of aromatic nitrogens is 2. The highest BCUT2D eigenvalue weighted by molar-refractivity contribution is 6.21. The second-order valence-corrected chi connectivity index (χ2v) is 11.2.